The standard InChI is InChI=1S/C16H15N5O2/c17-16(23)21-10-14(13-3-7-19-8-4-13)20(11-15(21)22)9-12-1-5-18-6-2-12/h1-8,10H,9,11H2,(H2,17,23). The van der Waals surface area contributed by atoms with Crippen molar-refractivity contribution < 1.29 is 9.59 Å². The molecule has 3 amide bonds. The van der Waals surface area contributed by atoms with E-state index in [2.05, 4.69) is 9.97 Å². The van der Waals surface area contributed by atoms with E-state index in [1.807, 2.05) is 29.2 Å². The summed E-state index contributed by atoms with van der Waals surface area (Å²) < 4.78 is 0. The number of imide groups is 1. The van der Waals surface area contributed by atoms with Crippen LogP contribution in [0.2, 0.25) is 0 Å². The summed E-state index contributed by atoms with van der Waals surface area (Å²) in [7, 11) is 0. The van der Waals surface area contributed by atoms with Crippen LogP contribution in [0.1, 0.15) is 11.1 Å². The fourth-order valence-electron chi connectivity index (χ4n) is 2.42. The number of amides is 3. The van der Waals surface area contributed by atoms with Crippen molar-refractivity contribution in [1.29, 1.82) is 0 Å². The van der Waals surface area contributed by atoms with Crippen LogP contribution in [0.25, 0.3) is 5.70 Å². The van der Waals surface area contributed by atoms with Crippen LogP contribution in [0.5, 0.6) is 0 Å². The molecule has 0 unspecified atom stereocenters. The van der Waals surface area contributed by atoms with E-state index in [0.717, 1.165) is 21.7 Å². The summed E-state index contributed by atoms with van der Waals surface area (Å²) in [5.74, 6) is -0.357. The zero-order valence-electron chi connectivity index (χ0n) is 12.3. The third-order valence-corrected chi connectivity index (χ3v) is 3.52. The first-order valence-electron chi connectivity index (χ1n) is 7.03. The molecule has 2 aromatic heterocycles. The number of nitrogens with zero attached hydrogens (tertiary/aromatic N) is 4. The molecule has 116 valence electrons. The first kappa shape index (κ1) is 14.7. The van der Waals surface area contributed by atoms with Gasteiger partial charge in [0, 0.05) is 43.1 Å². The van der Waals surface area contributed by atoms with Gasteiger partial charge in [0.05, 0.1) is 12.2 Å². The Morgan fingerprint density at radius 3 is 2.30 bits per heavy atom. The minimum absolute atomic E-state index is 0.0689. The predicted molar refractivity (Wildman–Crippen MR) is 83.3 cm³/mol. The van der Waals surface area contributed by atoms with E-state index in [0.29, 0.717) is 6.54 Å². The Kier molecular flexibility index (Phi) is 4.01. The molecule has 0 aliphatic carbocycles. The van der Waals surface area contributed by atoms with Gasteiger partial charge in [-0.25, -0.2) is 9.69 Å². The molecule has 2 N–H and O–H groups in total. The number of nitrogens with two attached hydrogens (primary N) is 1. The second-order valence-corrected chi connectivity index (χ2v) is 5.06. The maximum absolute atomic E-state index is 12.1. The van der Waals surface area contributed by atoms with Crippen LogP contribution in [-0.2, 0) is 11.3 Å². The zero-order valence-corrected chi connectivity index (χ0v) is 12.3. The van der Waals surface area contributed by atoms with Crippen LogP contribution < -0.4 is 5.73 Å². The molecule has 0 bridgehead atoms. The molecule has 0 spiro atoms. The van der Waals surface area contributed by atoms with Gasteiger partial charge in [-0.2, -0.15) is 0 Å². The van der Waals surface area contributed by atoms with E-state index in [-0.39, 0.29) is 12.5 Å². The molecule has 3 heterocycles. The van der Waals surface area contributed by atoms with Crippen LogP contribution in [-0.4, -0.2) is 38.3 Å². The summed E-state index contributed by atoms with van der Waals surface area (Å²) in [5.41, 5.74) is 7.89. The van der Waals surface area contributed by atoms with Gasteiger partial charge in [0.25, 0.3) is 5.91 Å². The molecule has 0 radical (unpaired) electrons. The number of aromatic nitrogens is 2. The molecule has 0 saturated carbocycles. The molecule has 2 aromatic rings. The van der Waals surface area contributed by atoms with Gasteiger partial charge in [-0.1, -0.05) is 0 Å². The Balaban J connectivity index is 1.98. The number of primary amides is 1. The third-order valence-electron chi connectivity index (χ3n) is 3.52. The van der Waals surface area contributed by atoms with E-state index >= 15 is 0 Å². The first-order valence-corrected chi connectivity index (χ1v) is 7.03. The molecular formula is C16H15N5O2. The number of rotatable bonds is 3. The molecule has 3 rings (SSSR count). The third kappa shape index (κ3) is 3.18. The highest BCUT2D eigenvalue weighted by Gasteiger charge is 2.28. The maximum Gasteiger partial charge on any atom is 0.325 e. The summed E-state index contributed by atoms with van der Waals surface area (Å²) in [6.07, 6.45) is 8.20. The highest BCUT2D eigenvalue weighted by atomic mass is 16.2. The van der Waals surface area contributed by atoms with Crippen molar-refractivity contribution in [3.8, 4) is 0 Å². The quantitative estimate of drug-likeness (QED) is 0.919. The largest absolute Gasteiger partial charge is 0.356 e. The molecular weight excluding hydrogens is 294 g/mol. The van der Waals surface area contributed by atoms with Gasteiger partial charge in [0.2, 0.25) is 0 Å². The lowest BCUT2D eigenvalue weighted by Gasteiger charge is -2.33. The van der Waals surface area contributed by atoms with Gasteiger partial charge in [0.1, 0.15) is 0 Å². The Hall–Kier alpha value is -3.22. The van der Waals surface area contributed by atoms with Gasteiger partial charge in [-0.15, -0.1) is 0 Å². The van der Waals surface area contributed by atoms with Crippen LogP contribution in [0.4, 0.5) is 4.79 Å². The average Bonchev–Trinajstić information content (AvgIpc) is 2.56. The van der Waals surface area contributed by atoms with Crippen LogP contribution in [0.15, 0.2) is 55.3 Å². The Bertz CT molecular complexity index is 746. The topological polar surface area (TPSA) is 92.4 Å². The molecule has 0 saturated heterocycles. The SMILES string of the molecule is NC(=O)N1C=C(c2ccncc2)N(Cc2ccncc2)CC1=O. The van der Waals surface area contributed by atoms with Gasteiger partial charge in [-0.3, -0.25) is 14.8 Å². The highest BCUT2D eigenvalue weighted by Crippen LogP contribution is 2.25. The summed E-state index contributed by atoms with van der Waals surface area (Å²) in [5, 5.41) is 0. The second kappa shape index (κ2) is 6.27. The highest BCUT2D eigenvalue weighted by molar-refractivity contribution is 5.99. The molecule has 7 heteroatoms. The van der Waals surface area contributed by atoms with Crippen LogP contribution in [0, 0.1) is 0 Å². The summed E-state index contributed by atoms with van der Waals surface area (Å²) in [6.45, 7) is 0.592. The van der Waals surface area contributed by atoms with Crippen LogP contribution >= 0.6 is 0 Å². The predicted octanol–water partition coefficient (Wildman–Crippen LogP) is 1.20. The van der Waals surface area contributed by atoms with Crippen LogP contribution in [0.3, 0.4) is 0 Å². The molecule has 0 atom stereocenters. The van der Waals surface area contributed by atoms with E-state index in [4.69, 9.17) is 5.73 Å². The Morgan fingerprint density at radius 1 is 1.09 bits per heavy atom. The fourth-order valence-corrected chi connectivity index (χ4v) is 2.42. The molecule has 0 fully saturated rings. The minimum atomic E-state index is -0.787. The van der Waals surface area contributed by atoms with E-state index in [1.54, 1.807) is 24.8 Å². The molecule has 0 aromatic carbocycles. The monoisotopic (exact) mass is 309 g/mol. The lowest BCUT2D eigenvalue weighted by Crippen LogP contribution is -2.46. The van der Waals surface area contributed by atoms with Gasteiger partial charge in [0.15, 0.2) is 0 Å². The smallest absolute Gasteiger partial charge is 0.325 e. The molecule has 1 aliphatic heterocycles. The first-order chi connectivity index (χ1) is 11.1. The molecule has 1 aliphatic rings. The van der Waals surface area contributed by atoms with Crippen molar-refractivity contribution in [3.63, 3.8) is 0 Å². The van der Waals surface area contributed by atoms with Crippen molar-refractivity contribution in [2.45, 2.75) is 6.54 Å². The summed E-state index contributed by atoms with van der Waals surface area (Å²) >= 11 is 0. The van der Waals surface area contributed by atoms with Crippen molar-refractivity contribution in [2.75, 3.05) is 6.54 Å². The number of hydrogen-bond acceptors (Lipinski definition) is 5. The van der Waals surface area contributed by atoms with E-state index in [9.17, 15) is 9.59 Å². The Labute approximate surface area is 133 Å². The number of carbonyl (C=O) groups is 2. The summed E-state index contributed by atoms with van der Waals surface area (Å²) in [6, 6.07) is 6.62. The average molecular weight is 309 g/mol. The normalized spacial score (nSPS) is 14.6. The Morgan fingerprint density at radius 2 is 1.70 bits per heavy atom. The zero-order chi connectivity index (χ0) is 16.2. The second-order valence-electron chi connectivity index (χ2n) is 5.06. The van der Waals surface area contributed by atoms with Gasteiger partial charge in [-0.05, 0) is 29.8 Å². The maximum atomic E-state index is 12.1. The van der Waals surface area contributed by atoms with Crippen molar-refractivity contribution >= 4 is 17.6 Å². The minimum Gasteiger partial charge on any atom is -0.356 e. The molecule has 23 heavy (non-hydrogen) atoms. The van der Waals surface area contributed by atoms with Gasteiger partial charge >= 0.3 is 6.03 Å². The summed E-state index contributed by atoms with van der Waals surface area (Å²) in [4.78, 5) is 34.4. The lowest BCUT2D eigenvalue weighted by atomic mass is 10.1. The van der Waals surface area contributed by atoms with Crippen molar-refractivity contribution in [1.82, 2.24) is 19.8 Å². The van der Waals surface area contributed by atoms with E-state index in [1.165, 1.54) is 6.20 Å². The number of pyridine rings is 2. The fraction of sp³-hybridized carbons (Fsp3) is 0.125. The number of carbonyl (C=O) groups excluding carboxylic acids is 2. The molecule has 7 nitrogen and oxygen atoms in total. The van der Waals surface area contributed by atoms with Crippen molar-refractivity contribution in [3.05, 3.63) is 66.4 Å². The number of urea groups is 1. The van der Waals surface area contributed by atoms with Gasteiger partial charge < -0.3 is 10.6 Å². The van der Waals surface area contributed by atoms with Crippen molar-refractivity contribution in [2.24, 2.45) is 5.73 Å². The number of hydrogen-bond donors (Lipinski definition) is 1. The lowest BCUT2D eigenvalue weighted by molar-refractivity contribution is -0.127. The van der Waals surface area contributed by atoms with E-state index < -0.39 is 6.03 Å².